The van der Waals surface area contributed by atoms with E-state index in [1.54, 1.807) is 0 Å². The molecule has 9 heterocycles. The fourth-order valence-electron chi connectivity index (χ4n) is 12.9. The van der Waals surface area contributed by atoms with E-state index in [9.17, 15) is 19.8 Å². The van der Waals surface area contributed by atoms with Gasteiger partial charge in [0.1, 0.15) is 5.15 Å². The van der Waals surface area contributed by atoms with Crippen molar-refractivity contribution in [1.82, 2.24) is 40.4 Å². The third-order valence-corrected chi connectivity index (χ3v) is 18.8. The Hall–Kier alpha value is -5.65. The average molecular weight is 1070 g/mol. The number of nitrogens with zero attached hydrogens (tertiary/aromatic N) is 4. The molecule has 5 aliphatic heterocycles. The minimum Gasteiger partial charge on any atom is -0.399 e. The van der Waals surface area contributed by atoms with E-state index in [0.717, 1.165) is 191 Å². The lowest BCUT2D eigenvalue weighted by Gasteiger charge is -2.35. The summed E-state index contributed by atoms with van der Waals surface area (Å²) >= 11 is 6.05. The molecule has 3 saturated heterocycles. The van der Waals surface area contributed by atoms with E-state index >= 15 is 0 Å². The Morgan fingerprint density at radius 3 is 1.58 bits per heavy atom. The number of amides is 2. The van der Waals surface area contributed by atoms with Crippen LogP contribution in [0.25, 0.3) is 33.8 Å². The van der Waals surface area contributed by atoms with Crippen molar-refractivity contribution in [3.05, 3.63) is 134 Å². The van der Waals surface area contributed by atoms with Crippen molar-refractivity contribution in [1.29, 1.82) is 0 Å². The number of rotatable bonds is 10. The Kier molecular flexibility index (Phi) is 13.2. The fraction of sp³-hybridized carbons (Fsp3) is 0.484. The van der Waals surface area contributed by atoms with Gasteiger partial charge in [0.2, 0.25) is 0 Å². The van der Waals surface area contributed by atoms with Gasteiger partial charge in [-0.05, 0) is 169 Å². The van der Waals surface area contributed by atoms with E-state index in [0.29, 0.717) is 5.15 Å². The molecule has 4 aromatic heterocycles. The number of aromatic nitrogens is 4. The van der Waals surface area contributed by atoms with Crippen LogP contribution < -0.4 is 16.1 Å². The fourth-order valence-corrected chi connectivity index (χ4v) is 13.0. The number of aryl methyl sites for hydroxylation is 4. The molecule has 0 radical (unpaired) electrons. The number of carbonyl (C=O) groups is 2. The molecular weight excluding hydrogens is 999 g/mol. The summed E-state index contributed by atoms with van der Waals surface area (Å²) in [4.78, 5) is 46.1. The highest BCUT2D eigenvalue weighted by Gasteiger charge is 2.53. The number of carbonyl (C=O) groups excluding carboxylic acids is 2. The van der Waals surface area contributed by atoms with E-state index in [1.807, 2.05) is 18.5 Å². The molecule has 2 spiro atoms. The highest BCUT2D eigenvalue weighted by Crippen LogP contribution is 2.47. The lowest BCUT2D eigenvalue weighted by Crippen LogP contribution is -2.50. The maximum atomic E-state index is 12.9. The second kappa shape index (κ2) is 19.9. The van der Waals surface area contributed by atoms with Gasteiger partial charge in [-0.3, -0.25) is 24.4 Å². The number of β-amino-alcohol motifs (C(OH)–C–C–N with tert-alkyl or cyclic N) is 2. The molecule has 16 heteroatoms. The molecule has 5 fully saturated rings. The van der Waals surface area contributed by atoms with Gasteiger partial charge in [-0.2, -0.15) is 0 Å². The molecule has 4 aliphatic carbocycles. The lowest BCUT2D eigenvalue weighted by atomic mass is 9.78. The number of benzene rings is 2. The summed E-state index contributed by atoms with van der Waals surface area (Å²) in [6.45, 7) is 13.7. The van der Waals surface area contributed by atoms with Crippen LogP contribution in [0.15, 0.2) is 73.1 Å². The Morgan fingerprint density at radius 2 is 1.10 bits per heavy atom. The normalized spacial score (nSPS) is 21.4. The smallest absolute Gasteiger partial charge is 0.399 e. The van der Waals surface area contributed by atoms with Crippen LogP contribution in [-0.4, -0.2) is 133 Å². The lowest BCUT2D eigenvalue weighted by molar-refractivity contribution is 0.00169. The second-order valence-electron chi connectivity index (χ2n) is 24.9. The standard InChI is InChI=1S/C28H30N4O2.C18H28BNO3.C16H14ClN3O/c33-20-15-32(16-20)11-1-2-17-3-5-18(6-4-17)23-12-22-19(14-29-23)7-8-21-25-24(30-26(21)22)13-28(9-10-28)31-27(25)34;1-17(2)18(3,4)23-19(22-17)15-9-7-14(8-10-15)6-5-11-20-12-16(21)13-20;17-12-5-10-8(7-18-12)1-2-9-13-11(19-14(9)10)6-16(3-4-16)20-15(13)21/h3-6,12,14,20,30,33H,1-2,7-11,13,15-16H2,(H,31,34);7-10,16,21H,5-6,11-13H2,1-4H3;5,7,19H,1-4,6H2,(H,20,21). The number of hydrogen-bond donors (Lipinski definition) is 6. The van der Waals surface area contributed by atoms with Crippen LogP contribution in [0.2, 0.25) is 5.15 Å². The number of halogens is 1. The number of H-pyrrole nitrogens is 2. The van der Waals surface area contributed by atoms with Crippen molar-refractivity contribution >= 4 is 36.0 Å². The van der Waals surface area contributed by atoms with Gasteiger partial charge in [0, 0.05) is 90.6 Å². The van der Waals surface area contributed by atoms with Gasteiger partial charge in [-0.25, -0.2) is 4.98 Å². The molecule has 2 amide bonds. The summed E-state index contributed by atoms with van der Waals surface area (Å²) in [5.41, 5.74) is 18.6. The first kappa shape index (κ1) is 51.8. The topological polar surface area (TPSA) is 181 Å². The van der Waals surface area contributed by atoms with E-state index in [4.69, 9.17) is 25.9 Å². The molecule has 78 heavy (non-hydrogen) atoms. The molecule has 406 valence electrons. The van der Waals surface area contributed by atoms with E-state index in [1.165, 1.54) is 33.4 Å². The average Bonchev–Trinajstić information content (AvgIpc) is 4.38. The summed E-state index contributed by atoms with van der Waals surface area (Å²) in [5.74, 6) is 0.199. The number of likely N-dealkylation sites (tertiary alicyclic amines) is 2. The number of aliphatic hydroxyl groups excluding tert-OH is 2. The van der Waals surface area contributed by atoms with Crippen molar-refractivity contribution in [2.24, 2.45) is 0 Å². The van der Waals surface area contributed by atoms with Gasteiger partial charge in [-0.1, -0.05) is 60.1 Å². The first-order valence-electron chi connectivity index (χ1n) is 28.6. The minimum atomic E-state index is -0.294. The molecular formula is C62H72BClN8O6. The molecule has 6 aromatic rings. The molecule has 6 N–H and O–H groups in total. The summed E-state index contributed by atoms with van der Waals surface area (Å²) in [7, 11) is -0.281. The quantitative estimate of drug-likeness (QED) is 0.0594. The van der Waals surface area contributed by atoms with Crippen LogP contribution in [0.4, 0.5) is 0 Å². The van der Waals surface area contributed by atoms with Crippen LogP contribution in [0, 0.1) is 0 Å². The van der Waals surface area contributed by atoms with Gasteiger partial charge in [-0.15, -0.1) is 0 Å². The van der Waals surface area contributed by atoms with Gasteiger partial charge in [0.15, 0.2) is 0 Å². The van der Waals surface area contributed by atoms with Crippen molar-refractivity contribution in [2.45, 2.75) is 152 Å². The highest BCUT2D eigenvalue weighted by atomic mass is 35.5. The van der Waals surface area contributed by atoms with E-state index in [2.05, 4.69) is 118 Å². The third kappa shape index (κ3) is 10.1. The third-order valence-electron chi connectivity index (χ3n) is 18.6. The summed E-state index contributed by atoms with van der Waals surface area (Å²) in [5, 5.41) is 25.7. The molecule has 0 unspecified atom stereocenters. The summed E-state index contributed by atoms with van der Waals surface area (Å²) in [6.07, 6.45) is 17.8. The van der Waals surface area contributed by atoms with Crippen molar-refractivity contribution in [3.63, 3.8) is 0 Å². The summed E-state index contributed by atoms with van der Waals surface area (Å²) < 4.78 is 12.2. The number of nitrogens with one attached hydrogen (secondary N) is 4. The zero-order valence-corrected chi connectivity index (χ0v) is 46.3. The number of pyridine rings is 2. The first-order chi connectivity index (χ1) is 37.5. The maximum Gasteiger partial charge on any atom is 0.494 e. The molecule has 9 aliphatic rings. The Labute approximate surface area is 462 Å². The van der Waals surface area contributed by atoms with Crippen LogP contribution in [-0.2, 0) is 60.7 Å². The van der Waals surface area contributed by atoms with Gasteiger partial charge in [0.25, 0.3) is 11.8 Å². The molecule has 0 bridgehead atoms. The number of aromatic amines is 2. The van der Waals surface area contributed by atoms with E-state index in [-0.39, 0.29) is 53.4 Å². The number of aliphatic hydroxyl groups is 2. The largest absolute Gasteiger partial charge is 0.494 e. The predicted octanol–water partition coefficient (Wildman–Crippen LogP) is 7.51. The zero-order valence-electron chi connectivity index (χ0n) is 45.5. The summed E-state index contributed by atoms with van der Waals surface area (Å²) in [6, 6.07) is 21.4. The van der Waals surface area contributed by atoms with Crippen LogP contribution in [0.1, 0.15) is 132 Å². The van der Waals surface area contributed by atoms with E-state index < -0.39 is 0 Å². The van der Waals surface area contributed by atoms with Crippen LogP contribution in [0.5, 0.6) is 0 Å². The molecule has 0 atom stereocenters. The monoisotopic (exact) mass is 1070 g/mol. The van der Waals surface area contributed by atoms with Crippen molar-refractivity contribution < 1.29 is 29.1 Å². The zero-order chi connectivity index (χ0) is 53.7. The van der Waals surface area contributed by atoms with Crippen molar-refractivity contribution in [3.8, 4) is 33.8 Å². The second-order valence-corrected chi connectivity index (χ2v) is 25.3. The molecule has 15 rings (SSSR count). The first-order valence-corrected chi connectivity index (χ1v) is 29.0. The molecule has 2 saturated carbocycles. The van der Waals surface area contributed by atoms with Crippen molar-refractivity contribution in [2.75, 3.05) is 39.3 Å². The highest BCUT2D eigenvalue weighted by molar-refractivity contribution is 6.62. The number of hydrogen-bond acceptors (Lipinski definition) is 10. The minimum absolute atomic E-state index is 0.0159. The maximum absolute atomic E-state index is 12.9. The molecule has 2 aromatic carbocycles. The Balaban J connectivity index is 0.000000116. The van der Waals surface area contributed by atoms with Gasteiger partial charge in [0.05, 0.1) is 51.6 Å². The van der Waals surface area contributed by atoms with Crippen LogP contribution in [0.3, 0.4) is 0 Å². The van der Waals surface area contributed by atoms with Crippen LogP contribution >= 0.6 is 11.6 Å². The van der Waals surface area contributed by atoms with Gasteiger partial charge >= 0.3 is 7.12 Å². The Morgan fingerprint density at radius 1 is 0.641 bits per heavy atom. The molecule has 14 nitrogen and oxygen atoms in total. The Bertz CT molecular complexity index is 3280. The predicted molar refractivity (Wildman–Crippen MR) is 303 cm³/mol. The SMILES string of the molecule is CC1(C)OB(c2ccc(CCCN3CC(O)C3)cc2)OC1(C)C.O=C1NC2(CC2)Cc2[nH]c3c(c21)CCc1cnc(-c2ccc(CCCN4CC(O)C4)cc2)cc1-3.O=C1NC2(CC2)Cc2[nH]c3c(c21)CCc1cnc(Cl)cc1-3. The van der Waals surface area contributed by atoms with Gasteiger partial charge < -0.3 is 40.1 Å². The number of fused-ring (bicyclic) bond motifs is 10.